The molecule has 0 aliphatic carbocycles. The zero-order valence-corrected chi connectivity index (χ0v) is 11.4. The summed E-state index contributed by atoms with van der Waals surface area (Å²) in [5.41, 5.74) is 2.42. The molecule has 0 spiro atoms. The number of halogens is 1. The van der Waals surface area contributed by atoms with Crippen LogP contribution in [0.5, 0.6) is 0 Å². The van der Waals surface area contributed by atoms with Crippen LogP contribution in [-0.2, 0) is 13.0 Å². The van der Waals surface area contributed by atoms with Gasteiger partial charge in [-0.25, -0.2) is 4.39 Å². The molecule has 2 nitrogen and oxygen atoms in total. The molecule has 0 radical (unpaired) electrons. The maximum atomic E-state index is 13.3. The number of nitrogens with zero attached hydrogens (tertiary/aromatic N) is 1. The Balaban J connectivity index is 1.92. The maximum Gasteiger partial charge on any atom is 0.124 e. The zero-order valence-electron chi connectivity index (χ0n) is 11.4. The summed E-state index contributed by atoms with van der Waals surface area (Å²) >= 11 is 0. The van der Waals surface area contributed by atoms with Gasteiger partial charge in [0.05, 0.1) is 11.6 Å². The van der Waals surface area contributed by atoms with Gasteiger partial charge in [-0.2, -0.15) is 5.26 Å². The molecule has 20 heavy (non-hydrogen) atoms. The third-order valence-electron chi connectivity index (χ3n) is 3.13. The highest BCUT2D eigenvalue weighted by Gasteiger charge is 2.05. The first-order valence-electron chi connectivity index (χ1n) is 6.64. The molecule has 2 rings (SSSR count). The van der Waals surface area contributed by atoms with Gasteiger partial charge < -0.3 is 5.32 Å². The number of nitriles is 1. The first-order chi connectivity index (χ1) is 9.67. The highest BCUT2D eigenvalue weighted by Crippen LogP contribution is 2.09. The van der Waals surface area contributed by atoms with Crippen molar-refractivity contribution in [2.45, 2.75) is 25.9 Å². The van der Waals surface area contributed by atoms with Crippen LogP contribution in [0.3, 0.4) is 0 Å². The molecule has 0 amide bonds. The summed E-state index contributed by atoms with van der Waals surface area (Å²) in [5, 5.41) is 12.2. The summed E-state index contributed by atoms with van der Waals surface area (Å²) in [6, 6.07) is 16.9. The van der Waals surface area contributed by atoms with E-state index in [0.29, 0.717) is 12.1 Å². The molecular weight excluding hydrogens is 251 g/mol. The average Bonchev–Trinajstić information content (AvgIpc) is 2.45. The Hall–Kier alpha value is -2.18. The number of nitrogens with one attached hydrogen (secondary N) is 1. The molecule has 0 bridgehead atoms. The molecule has 0 aromatic heterocycles. The normalized spacial score (nSPS) is 11.8. The van der Waals surface area contributed by atoms with Crippen molar-refractivity contribution in [2.24, 2.45) is 0 Å². The molecule has 0 saturated carbocycles. The minimum absolute atomic E-state index is 0.284. The van der Waals surface area contributed by atoms with Crippen molar-refractivity contribution in [1.82, 2.24) is 5.32 Å². The van der Waals surface area contributed by atoms with Crippen LogP contribution in [0.4, 0.5) is 4.39 Å². The van der Waals surface area contributed by atoms with Gasteiger partial charge in [-0.1, -0.05) is 30.3 Å². The summed E-state index contributed by atoms with van der Waals surface area (Å²) in [6.45, 7) is 2.65. The van der Waals surface area contributed by atoms with Crippen molar-refractivity contribution in [1.29, 1.82) is 5.26 Å². The Morgan fingerprint density at radius 3 is 2.60 bits per heavy atom. The predicted octanol–water partition coefficient (Wildman–Crippen LogP) is 3.42. The first-order valence-corrected chi connectivity index (χ1v) is 6.64. The van der Waals surface area contributed by atoms with Gasteiger partial charge in [0.1, 0.15) is 5.82 Å². The van der Waals surface area contributed by atoms with Gasteiger partial charge in [0.15, 0.2) is 0 Å². The van der Waals surface area contributed by atoms with E-state index in [1.54, 1.807) is 6.07 Å². The molecule has 0 aliphatic heterocycles. The fourth-order valence-electron chi connectivity index (χ4n) is 2.15. The van der Waals surface area contributed by atoms with Crippen molar-refractivity contribution in [3.8, 4) is 6.07 Å². The highest BCUT2D eigenvalue weighted by molar-refractivity contribution is 5.33. The number of benzene rings is 2. The van der Waals surface area contributed by atoms with Crippen molar-refractivity contribution in [2.75, 3.05) is 0 Å². The lowest BCUT2D eigenvalue weighted by atomic mass is 10.1. The molecule has 0 fully saturated rings. The van der Waals surface area contributed by atoms with Crippen LogP contribution in [0, 0.1) is 17.1 Å². The molecular formula is C17H17FN2. The van der Waals surface area contributed by atoms with Crippen molar-refractivity contribution in [3.05, 3.63) is 71.0 Å². The summed E-state index contributed by atoms with van der Waals surface area (Å²) < 4.78 is 13.3. The van der Waals surface area contributed by atoms with Gasteiger partial charge in [0, 0.05) is 12.6 Å². The fraction of sp³-hybridized carbons (Fsp3) is 0.235. The lowest BCUT2D eigenvalue weighted by molar-refractivity contribution is 0.542. The topological polar surface area (TPSA) is 35.8 Å². The third kappa shape index (κ3) is 4.18. The van der Waals surface area contributed by atoms with E-state index >= 15 is 0 Å². The van der Waals surface area contributed by atoms with Gasteiger partial charge >= 0.3 is 0 Å². The molecule has 0 saturated heterocycles. The van der Waals surface area contributed by atoms with Crippen LogP contribution < -0.4 is 5.32 Å². The first kappa shape index (κ1) is 14.2. The van der Waals surface area contributed by atoms with E-state index in [2.05, 4.69) is 24.4 Å². The molecule has 1 unspecified atom stereocenters. The lowest BCUT2D eigenvalue weighted by Crippen LogP contribution is -2.27. The minimum Gasteiger partial charge on any atom is -0.310 e. The quantitative estimate of drug-likeness (QED) is 0.902. The summed E-state index contributed by atoms with van der Waals surface area (Å²) in [4.78, 5) is 0. The SMILES string of the molecule is CC(Cc1ccccc1)NCc1cc(F)cc(C#N)c1. The molecule has 2 aromatic rings. The Labute approximate surface area is 118 Å². The van der Waals surface area contributed by atoms with Crippen molar-refractivity contribution in [3.63, 3.8) is 0 Å². The smallest absolute Gasteiger partial charge is 0.124 e. The second kappa shape index (κ2) is 6.83. The third-order valence-corrected chi connectivity index (χ3v) is 3.13. The second-order valence-corrected chi connectivity index (χ2v) is 4.93. The van der Waals surface area contributed by atoms with Crippen LogP contribution >= 0.6 is 0 Å². The summed E-state index contributed by atoms with van der Waals surface area (Å²) in [7, 11) is 0. The van der Waals surface area contributed by atoms with Gasteiger partial charge in [0.25, 0.3) is 0 Å². The van der Waals surface area contributed by atoms with E-state index in [1.165, 1.54) is 17.7 Å². The molecule has 0 aliphatic rings. The lowest BCUT2D eigenvalue weighted by Gasteiger charge is -2.14. The maximum absolute atomic E-state index is 13.3. The van der Waals surface area contributed by atoms with E-state index in [-0.39, 0.29) is 11.9 Å². The molecule has 1 N–H and O–H groups in total. The monoisotopic (exact) mass is 268 g/mol. The van der Waals surface area contributed by atoms with Crippen LogP contribution in [0.15, 0.2) is 48.5 Å². The minimum atomic E-state index is -0.364. The van der Waals surface area contributed by atoms with E-state index in [1.807, 2.05) is 24.3 Å². The van der Waals surface area contributed by atoms with E-state index in [9.17, 15) is 4.39 Å². The van der Waals surface area contributed by atoms with E-state index in [4.69, 9.17) is 5.26 Å². The molecule has 2 aromatic carbocycles. The van der Waals surface area contributed by atoms with Crippen LogP contribution in [-0.4, -0.2) is 6.04 Å². The predicted molar refractivity (Wildman–Crippen MR) is 77.6 cm³/mol. The fourth-order valence-corrected chi connectivity index (χ4v) is 2.15. The standard InChI is InChI=1S/C17H17FN2/c1-13(7-14-5-3-2-4-6-14)20-12-16-8-15(11-19)9-17(18)10-16/h2-6,8-10,13,20H,7,12H2,1H3. The zero-order chi connectivity index (χ0) is 14.4. The number of hydrogen-bond acceptors (Lipinski definition) is 2. The molecule has 3 heteroatoms. The van der Waals surface area contributed by atoms with Crippen LogP contribution in [0.2, 0.25) is 0 Å². The average molecular weight is 268 g/mol. The Morgan fingerprint density at radius 2 is 1.90 bits per heavy atom. The van der Waals surface area contributed by atoms with Crippen molar-refractivity contribution < 1.29 is 4.39 Å². The van der Waals surface area contributed by atoms with Crippen LogP contribution in [0.25, 0.3) is 0 Å². The highest BCUT2D eigenvalue weighted by atomic mass is 19.1. The molecule has 1 atom stereocenters. The van der Waals surface area contributed by atoms with Crippen LogP contribution in [0.1, 0.15) is 23.6 Å². The Bertz CT molecular complexity index is 602. The summed E-state index contributed by atoms with van der Waals surface area (Å²) in [5.74, 6) is -0.364. The molecule has 0 heterocycles. The van der Waals surface area contributed by atoms with Gasteiger partial charge in [-0.05, 0) is 42.7 Å². The van der Waals surface area contributed by atoms with Gasteiger partial charge in [-0.3, -0.25) is 0 Å². The van der Waals surface area contributed by atoms with Crippen molar-refractivity contribution >= 4 is 0 Å². The Kier molecular flexibility index (Phi) is 4.86. The number of rotatable bonds is 5. The van der Waals surface area contributed by atoms with E-state index in [0.717, 1.165) is 12.0 Å². The van der Waals surface area contributed by atoms with E-state index < -0.39 is 0 Å². The van der Waals surface area contributed by atoms with Gasteiger partial charge in [0.2, 0.25) is 0 Å². The summed E-state index contributed by atoms with van der Waals surface area (Å²) in [6.07, 6.45) is 0.918. The van der Waals surface area contributed by atoms with Gasteiger partial charge in [-0.15, -0.1) is 0 Å². The largest absolute Gasteiger partial charge is 0.310 e. The Morgan fingerprint density at radius 1 is 1.15 bits per heavy atom. The molecule has 102 valence electrons. The second-order valence-electron chi connectivity index (χ2n) is 4.93. The number of hydrogen-bond donors (Lipinski definition) is 1.